The van der Waals surface area contributed by atoms with Gasteiger partial charge in [0.05, 0.1) is 6.61 Å². The summed E-state index contributed by atoms with van der Waals surface area (Å²) in [6.07, 6.45) is 3.66. The van der Waals surface area contributed by atoms with Crippen LogP contribution in [-0.4, -0.2) is 57.7 Å². The molecule has 27 heavy (non-hydrogen) atoms. The molecule has 5 atom stereocenters. The number of hydrogen-bond donors (Lipinski definition) is 4. The summed E-state index contributed by atoms with van der Waals surface area (Å²) in [6, 6.07) is 7.57. The zero-order chi connectivity index (χ0) is 19.6. The van der Waals surface area contributed by atoms with Crippen molar-refractivity contribution in [2.45, 2.75) is 89.0 Å². The Morgan fingerprint density at radius 2 is 1.48 bits per heavy atom. The molecule has 1 aromatic rings. The van der Waals surface area contributed by atoms with Crippen LogP contribution in [0.4, 0.5) is 0 Å². The highest BCUT2D eigenvalue weighted by Gasteiger charge is 2.44. The topological polar surface area (TPSA) is 99.4 Å². The first-order valence-electron chi connectivity index (χ1n) is 10.1. The van der Waals surface area contributed by atoms with Crippen LogP contribution in [0.3, 0.4) is 0 Å². The third kappa shape index (κ3) is 6.73. The minimum Gasteiger partial charge on any atom is -0.462 e. The van der Waals surface area contributed by atoms with Gasteiger partial charge in [-0.2, -0.15) is 0 Å². The second kappa shape index (κ2) is 11.6. The van der Waals surface area contributed by atoms with E-state index in [1.54, 1.807) is 12.1 Å². The summed E-state index contributed by atoms with van der Waals surface area (Å²) in [5, 5.41) is 38.8. The van der Waals surface area contributed by atoms with E-state index in [9.17, 15) is 20.4 Å². The monoisotopic (exact) mass is 382 g/mol. The van der Waals surface area contributed by atoms with Crippen molar-refractivity contribution in [3.63, 3.8) is 0 Å². The molecular weight excluding hydrogens is 348 g/mol. The summed E-state index contributed by atoms with van der Waals surface area (Å²) < 4.78 is 11.0. The summed E-state index contributed by atoms with van der Waals surface area (Å²) in [4.78, 5) is 0. The molecule has 1 saturated heterocycles. The lowest BCUT2D eigenvalue weighted by atomic mass is 9.99. The highest BCUT2D eigenvalue weighted by Crippen LogP contribution is 2.24. The molecule has 1 heterocycles. The van der Waals surface area contributed by atoms with Gasteiger partial charge in [-0.15, -0.1) is 0 Å². The first-order valence-corrected chi connectivity index (χ1v) is 10.1. The third-order valence-electron chi connectivity index (χ3n) is 5.09. The largest absolute Gasteiger partial charge is 0.462 e. The van der Waals surface area contributed by atoms with Gasteiger partial charge in [0.25, 0.3) is 0 Å². The van der Waals surface area contributed by atoms with Crippen LogP contribution in [0.5, 0.6) is 5.75 Å². The first kappa shape index (κ1) is 22.1. The summed E-state index contributed by atoms with van der Waals surface area (Å²) in [6.45, 7) is 1.76. The molecule has 0 amide bonds. The molecule has 1 aliphatic rings. The van der Waals surface area contributed by atoms with E-state index >= 15 is 0 Å². The Labute approximate surface area is 161 Å². The Hall–Kier alpha value is -1.18. The Morgan fingerprint density at radius 3 is 2.11 bits per heavy atom. The minimum absolute atomic E-state index is 0.470. The van der Waals surface area contributed by atoms with E-state index in [1.807, 2.05) is 12.1 Å². The normalized spacial score (nSPS) is 28.3. The summed E-state index contributed by atoms with van der Waals surface area (Å²) >= 11 is 0. The van der Waals surface area contributed by atoms with Crippen LogP contribution < -0.4 is 4.74 Å². The van der Waals surface area contributed by atoms with Gasteiger partial charge in [0.15, 0.2) is 0 Å². The lowest BCUT2D eigenvalue weighted by Crippen LogP contribution is -2.60. The van der Waals surface area contributed by atoms with Gasteiger partial charge in [-0.05, 0) is 30.5 Å². The molecular formula is C21H34O6. The van der Waals surface area contributed by atoms with Crippen LogP contribution in [0.1, 0.15) is 57.4 Å². The van der Waals surface area contributed by atoms with E-state index in [-0.39, 0.29) is 0 Å². The number of aliphatic hydroxyl groups excluding tert-OH is 4. The molecule has 1 aromatic carbocycles. The van der Waals surface area contributed by atoms with Gasteiger partial charge in [0.2, 0.25) is 6.29 Å². The third-order valence-corrected chi connectivity index (χ3v) is 5.09. The van der Waals surface area contributed by atoms with Gasteiger partial charge in [-0.1, -0.05) is 57.6 Å². The molecule has 6 nitrogen and oxygen atoms in total. The first-order chi connectivity index (χ1) is 13.1. The zero-order valence-corrected chi connectivity index (χ0v) is 16.2. The van der Waals surface area contributed by atoms with Crippen LogP contribution >= 0.6 is 0 Å². The molecule has 0 saturated carbocycles. The number of benzene rings is 1. The maximum Gasteiger partial charge on any atom is 0.229 e. The Bertz CT molecular complexity index is 518. The molecule has 1 aliphatic heterocycles. The van der Waals surface area contributed by atoms with Crippen molar-refractivity contribution in [3.8, 4) is 5.75 Å². The molecule has 2 rings (SSSR count). The predicted octanol–water partition coefficient (Wildman–Crippen LogP) is 2.16. The average molecular weight is 382 g/mol. The van der Waals surface area contributed by atoms with E-state index in [0.717, 1.165) is 6.42 Å². The smallest absolute Gasteiger partial charge is 0.229 e. The van der Waals surface area contributed by atoms with Crippen molar-refractivity contribution in [1.29, 1.82) is 0 Å². The lowest BCUT2D eigenvalue weighted by molar-refractivity contribution is -0.277. The summed E-state index contributed by atoms with van der Waals surface area (Å²) in [7, 11) is 0. The van der Waals surface area contributed by atoms with Gasteiger partial charge >= 0.3 is 0 Å². The van der Waals surface area contributed by atoms with Gasteiger partial charge in [-0.25, -0.2) is 0 Å². The molecule has 154 valence electrons. The zero-order valence-electron chi connectivity index (χ0n) is 16.2. The predicted molar refractivity (Wildman–Crippen MR) is 103 cm³/mol. The Morgan fingerprint density at radius 1 is 0.852 bits per heavy atom. The Kier molecular flexibility index (Phi) is 9.51. The number of unbranched alkanes of at least 4 members (excludes halogenated alkanes) is 6. The highest BCUT2D eigenvalue weighted by atomic mass is 16.7. The second-order valence-electron chi connectivity index (χ2n) is 7.33. The number of rotatable bonds is 11. The maximum atomic E-state index is 10.0. The number of ether oxygens (including phenoxy) is 2. The van der Waals surface area contributed by atoms with E-state index < -0.39 is 37.3 Å². The van der Waals surface area contributed by atoms with Gasteiger partial charge in [0, 0.05) is 0 Å². The van der Waals surface area contributed by atoms with Crippen LogP contribution in [0, 0.1) is 0 Å². The molecule has 4 N–H and O–H groups in total. The van der Waals surface area contributed by atoms with Crippen molar-refractivity contribution in [3.05, 3.63) is 29.8 Å². The van der Waals surface area contributed by atoms with Crippen molar-refractivity contribution in [1.82, 2.24) is 0 Å². The standard InChI is InChI=1S/C21H34O6/c1-2-3-4-5-6-7-8-9-15-10-12-16(13-11-15)26-21-20(25)19(24)18(23)17(14-22)27-21/h10-13,17-25H,2-9,14H2,1H3/t17-,18-,19+,20-,21?/m1/s1. The molecule has 0 aliphatic carbocycles. The van der Waals surface area contributed by atoms with Gasteiger partial charge < -0.3 is 29.9 Å². The fourth-order valence-electron chi connectivity index (χ4n) is 3.32. The summed E-state index contributed by atoms with van der Waals surface area (Å²) in [5.74, 6) is 0.502. The van der Waals surface area contributed by atoms with Crippen molar-refractivity contribution < 1.29 is 29.9 Å². The SMILES string of the molecule is CCCCCCCCCc1ccc(OC2O[C@H](CO)[C@@H](O)[C@H](O)[C@H]2O)cc1. The van der Waals surface area contributed by atoms with Crippen molar-refractivity contribution >= 4 is 0 Å². The molecule has 0 radical (unpaired) electrons. The van der Waals surface area contributed by atoms with Crippen LogP contribution in [-0.2, 0) is 11.2 Å². The van der Waals surface area contributed by atoms with Crippen molar-refractivity contribution in [2.24, 2.45) is 0 Å². The van der Waals surface area contributed by atoms with Crippen molar-refractivity contribution in [2.75, 3.05) is 6.61 Å². The quantitative estimate of drug-likeness (QED) is 0.438. The van der Waals surface area contributed by atoms with Gasteiger partial charge in [0.1, 0.15) is 30.2 Å². The Balaban J connectivity index is 1.76. The van der Waals surface area contributed by atoms with E-state index in [1.165, 1.54) is 50.5 Å². The molecule has 6 heteroatoms. The maximum absolute atomic E-state index is 10.0. The minimum atomic E-state index is -1.43. The van der Waals surface area contributed by atoms with Crippen LogP contribution in [0.2, 0.25) is 0 Å². The van der Waals surface area contributed by atoms with E-state index in [0.29, 0.717) is 5.75 Å². The number of aliphatic hydroxyl groups is 4. The average Bonchev–Trinajstić information content (AvgIpc) is 2.69. The van der Waals surface area contributed by atoms with Crippen LogP contribution in [0.25, 0.3) is 0 Å². The molecule has 0 spiro atoms. The lowest BCUT2D eigenvalue weighted by Gasteiger charge is -2.39. The molecule has 0 bridgehead atoms. The fraction of sp³-hybridized carbons (Fsp3) is 0.714. The second-order valence-corrected chi connectivity index (χ2v) is 7.33. The highest BCUT2D eigenvalue weighted by molar-refractivity contribution is 5.27. The molecule has 1 fully saturated rings. The van der Waals surface area contributed by atoms with Crippen LogP contribution in [0.15, 0.2) is 24.3 Å². The fourth-order valence-corrected chi connectivity index (χ4v) is 3.32. The number of hydrogen-bond acceptors (Lipinski definition) is 6. The number of aryl methyl sites for hydroxylation is 1. The summed E-state index contributed by atoms with van der Waals surface area (Å²) in [5.41, 5.74) is 1.23. The molecule has 0 aromatic heterocycles. The molecule has 1 unspecified atom stereocenters. The van der Waals surface area contributed by atoms with E-state index in [4.69, 9.17) is 9.47 Å². The van der Waals surface area contributed by atoms with Gasteiger partial charge in [-0.3, -0.25) is 0 Å². The van der Waals surface area contributed by atoms with E-state index in [2.05, 4.69) is 6.92 Å².